The average molecular weight is 568 g/mol. The summed E-state index contributed by atoms with van der Waals surface area (Å²) in [5.74, 6) is -4.47. The number of carbonyl (C=O) groups excluding carboxylic acids is 4. The molecule has 13 nitrogen and oxygen atoms in total. The quantitative estimate of drug-likeness (QED) is 0.124. The van der Waals surface area contributed by atoms with Gasteiger partial charge >= 0.3 is 7.82 Å². The van der Waals surface area contributed by atoms with Crippen molar-refractivity contribution in [2.45, 2.75) is 122 Å². The van der Waals surface area contributed by atoms with Crippen LogP contribution in [0.3, 0.4) is 0 Å². The predicted molar refractivity (Wildman–Crippen MR) is 134 cm³/mol. The zero-order chi connectivity index (χ0) is 29.3. The number of unbranched alkanes of at least 4 members (excludes halogenated alkanes) is 7. The number of nitrogens with one attached hydrogen (secondary N) is 1. The monoisotopic (exact) mass is 567 g/mol. The first-order valence-corrected chi connectivity index (χ1v) is 14.3. The molecule has 38 heavy (non-hydrogen) atoms. The van der Waals surface area contributed by atoms with E-state index < -0.39 is 66.8 Å². The van der Waals surface area contributed by atoms with Gasteiger partial charge in [0.05, 0.1) is 6.61 Å². The smallest absolute Gasteiger partial charge is 0.382 e. The van der Waals surface area contributed by atoms with Gasteiger partial charge in [-0.1, -0.05) is 51.9 Å². The molecule has 1 aliphatic heterocycles. The number of hydrogen-bond acceptors (Lipinski definition) is 11. The van der Waals surface area contributed by atoms with Crippen molar-refractivity contribution in [2.75, 3.05) is 6.61 Å². The molecule has 1 aliphatic rings. The number of rotatable bonds is 17. The predicted octanol–water partition coefficient (Wildman–Crippen LogP) is 1.08. The summed E-state index contributed by atoms with van der Waals surface area (Å²) in [6.07, 6.45) is 0.837. The fourth-order valence-electron chi connectivity index (χ4n) is 4.50. The van der Waals surface area contributed by atoms with Crippen LogP contribution >= 0.6 is 7.82 Å². The number of amides is 1. The van der Waals surface area contributed by atoms with E-state index in [0.29, 0.717) is 6.42 Å². The number of hydrogen-bond donors (Lipinski definition) is 5. The van der Waals surface area contributed by atoms with Crippen LogP contribution in [0.15, 0.2) is 0 Å². The second-order valence-electron chi connectivity index (χ2n) is 9.69. The average Bonchev–Trinajstić information content (AvgIpc) is 2.81. The van der Waals surface area contributed by atoms with Gasteiger partial charge in [-0.25, -0.2) is 4.57 Å². The number of carbonyl (C=O) groups is 4. The summed E-state index contributed by atoms with van der Waals surface area (Å²) in [7, 11) is -4.98. The Kier molecular flexibility index (Phi) is 13.3. The number of ether oxygens (including phenoxy) is 1. The third-order valence-corrected chi connectivity index (χ3v) is 7.60. The molecule has 7 atom stereocenters. The molecule has 2 unspecified atom stereocenters. The summed E-state index contributed by atoms with van der Waals surface area (Å²) in [5.41, 5.74) is -6.50. The second-order valence-corrected chi connectivity index (χ2v) is 11.1. The fourth-order valence-corrected chi connectivity index (χ4v) is 5.35. The molecule has 0 aromatic rings. The van der Waals surface area contributed by atoms with Crippen LogP contribution in [-0.4, -0.2) is 85.8 Å². The summed E-state index contributed by atoms with van der Waals surface area (Å²) in [6, 6.07) is -2.12. The van der Waals surface area contributed by atoms with Crippen molar-refractivity contribution in [3.63, 3.8) is 0 Å². The minimum absolute atomic E-state index is 0.186. The molecule has 14 heteroatoms. The SMILES string of the molecule is CCCCCCCCCCOP(=O)(O)O[C@H]1O[C@H](C(O)C(C)=O)[C@](O)(C(C)=O)[C@@](O)(C(C)=O)[C@H]1NC(C)=O. The van der Waals surface area contributed by atoms with Gasteiger partial charge in [0.15, 0.2) is 34.8 Å². The number of aliphatic hydroxyl groups excluding tert-OH is 1. The van der Waals surface area contributed by atoms with E-state index in [1.165, 1.54) is 6.42 Å². The Morgan fingerprint density at radius 3 is 1.87 bits per heavy atom. The number of phosphoric acid groups is 1. The summed E-state index contributed by atoms with van der Waals surface area (Å²) < 4.78 is 28.1. The summed E-state index contributed by atoms with van der Waals surface area (Å²) in [4.78, 5) is 59.4. The molecule has 1 heterocycles. The van der Waals surface area contributed by atoms with Crippen LogP contribution in [0.2, 0.25) is 0 Å². The van der Waals surface area contributed by atoms with Gasteiger partial charge in [-0.15, -0.1) is 0 Å². The summed E-state index contributed by atoms with van der Waals surface area (Å²) in [6.45, 7) is 5.35. The molecule has 1 rings (SSSR count). The van der Waals surface area contributed by atoms with Gasteiger partial charge in [0.1, 0.15) is 18.2 Å². The maximum atomic E-state index is 12.7. The van der Waals surface area contributed by atoms with E-state index in [-0.39, 0.29) is 6.61 Å². The van der Waals surface area contributed by atoms with Gasteiger partial charge in [-0.2, -0.15) is 0 Å². The lowest BCUT2D eigenvalue weighted by atomic mass is 9.66. The largest absolute Gasteiger partial charge is 0.474 e. The van der Waals surface area contributed by atoms with Crippen molar-refractivity contribution in [1.82, 2.24) is 5.32 Å². The van der Waals surface area contributed by atoms with Crippen molar-refractivity contribution >= 4 is 31.1 Å². The zero-order valence-electron chi connectivity index (χ0n) is 22.7. The fraction of sp³-hybridized carbons (Fsp3) is 0.833. The van der Waals surface area contributed by atoms with E-state index in [0.717, 1.165) is 66.2 Å². The van der Waals surface area contributed by atoms with Gasteiger partial charge in [0, 0.05) is 6.92 Å². The molecule has 220 valence electrons. The Bertz CT molecular complexity index is 898. The highest BCUT2D eigenvalue weighted by molar-refractivity contribution is 7.47. The molecule has 0 aromatic carbocycles. The molecule has 1 saturated heterocycles. The zero-order valence-corrected chi connectivity index (χ0v) is 23.6. The van der Waals surface area contributed by atoms with Gasteiger partial charge < -0.3 is 30.3 Å². The molecular formula is C24H42NO12P. The Balaban J connectivity index is 3.18. The number of Topliss-reactive ketones (excluding diaryl/α,β-unsaturated/α-hetero) is 3. The van der Waals surface area contributed by atoms with Crippen LogP contribution < -0.4 is 5.32 Å². The first-order chi connectivity index (χ1) is 17.6. The lowest BCUT2D eigenvalue weighted by molar-refractivity contribution is -0.309. The van der Waals surface area contributed by atoms with Crippen molar-refractivity contribution in [3.8, 4) is 0 Å². The molecule has 5 N–H and O–H groups in total. The normalized spacial score (nSPS) is 29.8. The first kappa shape index (κ1) is 34.5. The Morgan fingerprint density at radius 2 is 1.42 bits per heavy atom. The highest BCUT2D eigenvalue weighted by Crippen LogP contribution is 2.50. The molecular weight excluding hydrogens is 525 g/mol. The van der Waals surface area contributed by atoms with Crippen LogP contribution in [0.4, 0.5) is 0 Å². The van der Waals surface area contributed by atoms with Crippen LogP contribution in [0, 0.1) is 0 Å². The topological polar surface area (TPSA) is 206 Å². The van der Waals surface area contributed by atoms with E-state index in [4.69, 9.17) is 13.8 Å². The van der Waals surface area contributed by atoms with Crippen LogP contribution in [0.25, 0.3) is 0 Å². The molecule has 0 spiro atoms. The lowest BCUT2D eigenvalue weighted by Crippen LogP contribution is -2.83. The maximum absolute atomic E-state index is 12.7. The lowest BCUT2D eigenvalue weighted by Gasteiger charge is -2.54. The third-order valence-electron chi connectivity index (χ3n) is 6.62. The van der Waals surface area contributed by atoms with Crippen molar-refractivity contribution in [1.29, 1.82) is 0 Å². The number of ketones is 3. The molecule has 1 fully saturated rings. The first-order valence-electron chi connectivity index (χ1n) is 12.8. The van der Waals surface area contributed by atoms with E-state index in [1.54, 1.807) is 0 Å². The minimum Gasteiger partial charge on any atom is -0.382 e. The maximum Gasteiger partial charge on any atom is 0.474 e. The van der Waals surface area contributed by atoms with E-state index >= 15 is 0 Å². The van der Waals surface area contributed by atoms with Crippen LogP contribution in [0.5, 0.6) is 0 Å². The van der Waals surface area contributed by atoms with Gasteiger partial charge in [0.25, 0.3) is 0 Å². The number of aliphatic hydroxyl groups is 3. The minimum atomic E-state index is -4.98. The highest BCUT2D eigenvalue weighted by Gasteiger charge is 2.72. The summed E-state index contributed by atoms with van der Waals surface area (Å²) in [5, 5.41) is 35.2. The van der Waals surface area contributed by atoms with Crippen LogP contribution in [-0.2, 0) is 37.5 Å². The standard InChI is InChI=1S/C24H42NO12P/c1-6-7-8-9-10-11-12-13-14-35-38(33,34)37-22-20(25-18(5)29)23(31,16(3)27)24(32,17(4)28)21(36-22)19(30)15(2)26/h19-22,30-32H,6-14H2,1-5H3,(H,25,29)(H,33,34)/t19?,20-,21+,22+,23+,24+/m0/s1. The molecule has 0 radical (unpaired) electrons. The van der Waals surface area contributed by atoms with Gasteiger partial charge in [-0.05, 0) is 27.2 Å². The summed E-state index contributed by atoms with van der Waals surface area (Å²) >= 11 is 0. The van der Waals surface area contributed by atoms with Crippen molar-refractivity contribution in [2.24, 2.45) is 0 Å². The Hall–Kier alpha value is -1.57. The van der Waals surface area contributed by atoms with Gasteiger partial charge in [0.2, 0.25) is 5.91 Å². The highest BCUT2D eigenvalue weighted by atomic mass is 31.2. The molecule has 0 aliphatic carbocycles. The molecule has 0 saturated carbocycles. The van der Waals surface area contributed by atoms with Gasteiger partial charge in [-0.3, -0.25) is 28.2 Å². The second kappa shape index (κ2) is 14.7. The van der Waals surface area contributed by atoms with Crippen LogP contribution in [0.1, 0.15) is 86.0 Å². The molecule has 1 amide bonds. The van der Waals surface area contributed by atoms with E-state index in [2.05, 4.69) is 12.2 Å². The third kappa shape index (κ3) is 8.22. The number of phosphoric ester groups is 1. The van der Waals surface area contributed by atoms with Crippen molar-refractivity contribution in [3.05, 3.63) is 0 Å². The van der Waals surface area contributed by atoms with E-state index in [1.807, 2.05) is 0 Å². The molecule has 0 bridgehead atoms. The molecule has 0 aromatic heterocycles. The van der Waals surface area contributed by atoms with Crippen molar-refractivity contribution < 1.29 is 57.7 Å². The Labute approximate surface area is 222 Å². The van der Waals surface area contributed by atoms with E-state index in [9.17, 15) is 44.0 Å². The Morgan fingerprint density at radius 1 is 0.921 bits per heavy atom.